The van der Waals surface area contributed by atoms with E-state index in [0.717, 1.165) is 0 Å². The van der Waals surface area contributed by atoms with Crippen LogP contribution < -0.4 is 9.47 Å². The third-order valence-corrected chi connectivity index (χ3v) is 2.18. The molecule has 0 spiro atoms. The lowest BCUT2D eigenvalue weighted by molar-refractivity contribution is -0.0435. The quantitative estimate of drug-likeness (QED) is 0.720. The number of para-hydroxylation sites is 1. The molecule has 86 valence electrons. The molecule has 0 bridgehead atoms. The Morgan fingerprint density at radius 1 is 1.38 bits per heavy atom. The van der Waals surface area contributed by atoms with Gasteiger partial charge in [-0.15, -0.1) is 0 Å². The molecule has 1 aliphatic heterocycles. The summed E-state index contributed by atoms with van der Waals surface area (Å²) in [6, 6.07) is 5.18. The molecular weight excluding hydrogens is 208 g/mol. The average molecular weight is 222 g/mol. The number of benzene rings is 1. The highest BCUT2D eigenvalue weighted by Crippen LogP contribution is 2.41. The van der Waals surface area contributed by atoms with Crippen molar-refractivity contribution < 1.29 is 19.0 Å². The second-order valence-electron chi connectivity index (χ2n) is 3.96. The lowest BCUT2D eigenvalue weighted by atomic mass is 10.2. The SMILES string of the molecule is CCOC(=O)c1cccc2c1OC(C)(C)O2. The number of rotatable bonds is 2. The summed E-state index contributed by atoms with van der Waals surface area (Å²) >= 11 is 0. The third-order valence-electron chi connectivity index (χ3n) is 2.18. The van der Waals surface area contributed by atoms with Crippen LogP contribution in [-0.2, 0) is 4.74 Å². The van der Waals surface area contributed by atoms with Crippen molar-refractivity contribution in [2.75, 3.05) is 6.61 Å². The second-order valence-corrected chi connectivity index (χ2v) is 3.96. The molecular formula is C12H14O4. The van der Waals surface area contributed by atoms with Gasteiger partial charge in [0, 0.05) is 13.8 Å². The summed E-state index contributed by atoms with van der Waals surface area (Å²) in [4.78, 5) is 11.7. The molecule has 0 amide bonds. The Bertz CT molecular complexity index is 423. The van der Waals surface area contributed by atoms with Crippen molar-refractivity contribution in [2.24, 2.45) is 0 Å². The zero-order valence-electron chi connectivity index (χ0n) is 9.57. The zero-order valence-corrected chi connectivity index (χ0v) is 9.57. The van der Waals surface area contributed by atoms with Crippen molar-refractivity contribution in [1.82, 2.24) is 0 Å². The first-order chi connectivity index (χ1) is 7.53. The van der Waals surface area contributed by atoms with Gasteiger partial charge in [0.05, 0.1) is 6.61 Å². The van der Waals surface area contributed by atoms with Crippen LogP contribution in [0.15, 0.2) is 18.2 Å². The minimum atomic E-state index is -0.731. The number of hydrogen-bond acceptors (Lipinski definition) is 4. The molecule has 1 aromatic rings. The van der Waals surface area contributed by atoms with E-state index in [1.165, 1.54) is 0 Å². The molecule has 0 radical (unpaired) electrons. The maximum Gasteiger partial charge on any atom is 0.342 e. The van der Waals surface area contributed by atoms with E-state index in [-0.39, 0.29) is 5.97 Å². The molecule has 0 atom stereocenters. The van der Waals surface area contributed by atoms with Crippen LogP contribution in [0.3, 0.4) is 0 Å². The maximum absolute atomic E-state index is 11.7. The molecule has 0 saturated heterocycles. The number of esters is 1. The Balaban J connectivity index is 2.37. The molecule has 4 heteroatoms. The Morgan fingerprint density at radius 2 is 2.12 bits per heavy atom. The molecule has 1 aliphatic rings. The summed E-state index contributed by atoms with van der Waals surface area (Å²) in [5.41, 5.74) is 0.407. The second kappa shape index (κ2) is 3.70. The highest BCUT2D eigenvalue weighted by molar-refractivity contribution is 5.93. The van der Waals surface area contributed by atoms with Crippen molar-refractivity contribution in [2.45, 2.75) is 26.6 Å². The minimum Gasteiger partial charge on any atom is -0.462 e. The van der Waals surface area contributed by atoms with Gasteiger partial charge in [0.25, 0.3) is 0 Å². The summed E-state index contributed by atoms with van der Waals surface area (Å²) in [5.74, 6) is -0.0764. The molecule has 16 heavy (non-hydrogen) atoms. The van der Waals surface area contributed by atoms with Crippen LogP contribution in [0.2, 0.25) is 0 Å². The molecule has 0 unspecified atom stereocenters. The van der Waals surface area contributed by atoms with Gasteiger partial charge in [0.2, 0.25) is 5.79 Å². The van der Waals surface area contributed by atoms with Gasteiger partial charge in [-0.25, -0.2) is 4.79 Å². The Hall–Kier alpha value is -1.71. The van der Waals surface area contributed by atoms with Gasteiger partial charge in [-0.2, -0.15) is 0 Å². The van der Waals surface area contributed by atoms with Crippen molar-refractivity contribution in [3.05, 3.63) is 23.8 Å². The van der Waals surface area contributed by atoms with Gasteiger partial charge in [0.15, 0.2) is 11.5 Å². The van der Waals surface area contributed by atoms with Crippen molar-refractivity contribution in [3.63, 3.8) is 0 Å². The van der Waals surface area contributed by atoms with E-state index in [9.17, 15) is 4.79 Å². The number of carbonyl (C=O) groups excluding carboxylic acids is 1. The van der Waals surface area contributed by atoms with E-state index in [0.29, 0.717) is 23.7 Å². The number of carbonyl (C=O) groups is 1. The van der Waals surface area contributed by atoms with Gasteiger partial charge in [-0.05, 0) is 19.1 Å². The maximum atomic E-state index is 11.7. The molecule has 0 saturated carbocycles. The highest BCUT2D eigenvalue weighted by Gasteiger charge is 2.35. The third kappa shape index (κ3) is 1.83. The van der Waals surface area contributed by atoms with E-state index in [1.807, 2.05) is 0 Å². The molecule has 4 nitrogen and oxygen atoms in total. The molecule has 0 fully saturated rings. The van der Waals surface area contributed by atoms with Gasteiger partial charge in [0.1, 0.15) is 5.56 Å². The fourth-order valence-electron chi connectivity index (χ4n) is 1.60. The van der Waals surface area contributed by atoms with Gasteiger partial charge in [-0.1, -0.05) is 6.07 Å². The van der Waals surface area contributed by atoms with Gasteiger partial charge >= 0.3 is 5.97 Å². The summed E-state index contributed by atoms with van der Waals surface area (Å²) < 4.78 is 16.0. The number of ether oxygens (including phenoxy) is 3. The molecule has 0 N–H and O–H groups in total. The largest absolute Gasteiger partial charge is 0.462 e. The van der Waals surface area contributed by atoms with Gasteiger partial charge in [-0.3, -0.25) is 0 Å². The summed E-state index contributed by atoms with van der Waals surface area (Å²) in [7, 11) is 0. The van der Waals surface area contributed by atoms with Crippen LogP contribution in [0.5, 0.6) is 11.5 Å². The number of hydrogen-bond donors (Lipinski definition) is 0. The normalized spacial score (nSPS) is 15.9. The summed E-state index contributed by atoms with van der Waals surface area (Å²) in [5, 5.41) is 0. The van der Waals surface area contributed by atoms with Gasteiger partial charge < -0.3 is 14.2 Å². The van der Waals surface area contributed by atoms with Crippen LogP contribution >= 0.6 is 0 Å². The predicted molar refractivity (Wildman–Crippen MR) is 57.7 cm³/mol. The monoisotopic (exact) mass is 222 g/mol. The fourth-order valence-corrected chi connectivity index (χ4v) is 1.60. The van der Waals surface area contributed by atoms with Crippen LogP contribution in [0.25, 0.3) is 0 Å². The van der Waals surface area contributed by atoms with E-state index < -0.39 is 5.79 Å². The first-order valence-electron chi connectivity index (χ1n) is 5.21. The van der Waals surface area contributed by atoms with Crippen LogP contribution in [0, 0.1) is 0 Å². The first-order valence-corrected chi connectivity index (χ1v) is 5.21. The molecule has 1 aromatic carbocycles. The summed E-state index contributed by atoms with van der Waals surface area (Å²) in [6.07, 6.45) is 0. The Labute approximate surface area is 94.1 Å². The van der Waals surface area contributed by atoms with Crippen LogP contribution in [-0.4, -0.2) is 18.4 Å². The standard InChI is InChI=1S/C12H14O4/c1-4-14-11(13)8-6-5-7-9-10(8)16-12(2,3)15-9/h5-7H,4H2,1-3H3. The number of fused-ring (bicyclic) bond motifs is 1. The first kappa shape index (κ1) is 10.8. The van der Waals surface area contributed by atoms with Crippen LogP contribution in [0.1, 0.15) is 31.1 Å². The molecule has 2 rings (SSSR count). The average Bonchev–Trinajstić information content (AvgIpc) is 2.51. The fraction of sp³-hybridized carbons (Fsp3) is 0.417. The lowest BCUT2D eigenvalue weighted by Crippen LogP contribution is -2.30. The van der Waals surface area contributed by atoms with E-state index in [4.69, 9.17) is 14.2 Å². The zero-order chi connectivity index (χ0) is 11.8. The Morgan fingerprint density at radius 3 is 2.81 bits per heavy atom. The van der Waals surface area contributed by atoms with Crippen molar-refractivity contribution >= 4 is 5.97 Å². The van der Waals surface area contributed by atoms with Crippen molar-refractivity contribution in [3.8, 4) is 11.5 Å². The molecule has 0 aromatic heterocycles. The van der Waals surface area contributed by atoms with Crippen LogP contribution in [0.4, 0.5) is 0 Å². The Kier molecular flexibility index (Phi) is 2.50. The van der Waals surface area contributed by atoms with E-state index in [1.54, 1.807) is 39.0 Å². The smallest absolute Gasteiger partial charge is 0.342 e. The highest BCUT2D eigenvalue weighted by atomic mass is 16.7. The summed E-state index contributed by atoms with van der Waals surface area (Å²) in [6.45, 7) is 5.69. The van der Waals surface area contributed by atoms with E-state index >= 15 is 0 Å². The molecule has 1 heterocycles. The predicted octanol–water partition coefficient (Wildman–Crippen LogP) is 2.37. The minimum absolute atomic E-state index is 0.340. The van der Waals surface area contributed by atoms with E-state index in [2.05, 4.69) is 0 Å². The lowest BCUT2D eigenvalue weighted by Gasteiger charge is -2.16. The topological polar surface area (TPSA) is 44.8 Å². The van der Waals surface area contributed by atoms with Crippen molar-refractivity contribution in [1.29, 1.82) is 0 Å². The molecule has 0 aliphatic carbocycles.